The van der Waals surface area contributed by atoms with E-state index < -0.39 is 0 Å². The van der Waals surface area contributed by atoms with E-state index in [-0.39, 0.29) is 6.04 Å². The van der Waals surface area contributed by atoms with Crippen molar-refractivity contribution in [1.29, 1.82) is 0 Å². The van der Waals surface area contributed by atoms with Crippen LogP contribution in [0.5, 0.6) is 5.75 Å². The van der Waals surface area contributed by atoms with Crippen molar-refractivity contribution in [1.82, 2.24) is 9.78 Å². The Hall–Kier alpha value is -1.81. The molecule has 1 aromatic carbocycles. The summed E-state index contributed by atoms with van der Waals surface area (Å²) in [7, 11) is 3.57. The van der Waals surface area contributed by atoms with Crippen LogP contribution in [0.1, 0.15) is 17.3 Å². The van der Waals surface area contributed by atoms with E-state index in [2.05, 4.69) is 11.2 Å². The van der Waals surface area contributed by atoms with Gasteiger partial charge in [0.05, 0.1) is 18.8 Å². The van der Waals surface area contributed by atoms with Crippen molar-refractivity contribution < 1.29 is 4.74 Å². The van der Waals surface area contributed by atoms with Crippen molar-refractivity contribution in [2.75, 3.05) is 7.11 Å². The second-order valence-electron chi connectivity index (χ2n) is 4.04. The summed E-state index contributed by atoms with van der Waals surface area (Å²) in [5.41, 5.74) is 8.36. The Morgan fingerprint density at radius 2 is 2.24 bits per heavy atom. The van der Waals surface area contributed by atoms with Gasteiger partial charge in [0.15, 0.2) is 0 Å². The lowest BCUT2D eigenvalue weighted by Gasteiger charge is -2.12. The number of methoxy groups -OCH3 is 1. The fourth-order valence-electron chi connectivity index (χ4n) is 1.91. The Balaban J connectivity index is 2.13. The molecular formula is C13H17N3O. The average molecular weight is 231 g/mol. The third-order valence-electron chi connectivity index (χ3n) is 2.83. The summed E-state index contributed by atoms with van der Waals surface area (Å²) in [6.45, 7) is 0. The van der Waals surface area contributed by atoms with Gasteiger partial charge in [-0.05, 0) is 30.2 Å². The smallest absolute Gasteiger partial charge is 0.119 e. The molecule has 1 heterocycles. The van der Waals surface area contributed by atoms with Crippen LogP contribution in [-0.2, 0) is 13.5 Å². The van der Waals surface area contributed by atoms with Gasteiger partial charge in [0.25, 0.3) is 0 Å². The second-order valence-corrected chi connectivity index (χ2v) is 4.04. The Morgan fingerprint density at radius 3 is 2.88 bits per heavy atom. The topological polar surface area (TPSA) is 53.1 Å². The van der Waals surface area contributed by atoms with Crippen LogP contribution in [0.4, 0.5) is 0 Å². The fourth-order valence-corrected chi connectivity index (χ4v) is 1.91. The third-order valence-corrected chi connectivity index (χ3v) is 2.83. The molecule has 1 unspecified atom stereocenters. The van der Waals surface area contributed by atoms with Crippen molar-refractivity contribution in [3.8, 4) is 5.75 Å². The molecule has 0 amide bonds. The molecule has 0 aliphatic rings. The predicted octanol–water partition coefficient (Wildman–Crippen LogP) is 1.67. The monoisotopic (exact) mass is 231 g/mol. The molecule has 2 aromatic rings. The Bertz CT molecular complexity index is 493. The second kappa shape index (κ2) is 5.01. The first-order valence-electron chi connectivity index (χ1n) is 5.57. The number of aryl methyl sites for hydroxylation is 1. The number of rotatable bonds is 4. The molecule has 0 bridgehead atoms. The third kappa shape index (κ3) is 2.65. The predicted molar refractivity (Wildman–Crippen MR) is 66.8 cm³/mol. The highest BCUT2D eigenvalue weighted by atomic mass is 16.5. The minimum absolute atomic E-state index is 0.0467. The molecule has 0 fully saturated rings. The number of nitrogens with two attached hydrogens (primary N) is 1. The number of aromatic nitrogens is 2. The molecule has 2 N–H and O–H groups in total. The summed E-state index contributed by atoms with van der Waals surface area (Å²) >= 11 is 0. The molecule has 0 saturated heterocycles. The molecule has 0 radical (unpaired) electrons. The molecule has 4 heteroatoms. The molecule has 0 spiro atoms. The van der Waals surface area contributed by atoms with Crippen LogP contribution in [0, 0.1) is 0 Å². The van der Waals surface area contributed by atoms with Gasteiger partial charge in [-0.3, -0.25) is 4.68 Å². The number of hydrogen-bond donors (Lipinski definition) is 1. The Kier molecular flexibility index (Phi) is 3.44. The van der Waals surface area contributed by atoms with E-state index in [1.54, 1.807) is 13.3 Å². The minimum atomic E-state index is -0.0467. The van der Waals surface area contributed by atoms with Crippen LogP contribution in [0.25, 0.3) is 0 Å². The van der Waals surface area contributed by atoms with Crippen LogP contribution in [0.15, 0.2) is 36.5 Å². The highest BCUT2D eigenvalue weighted by Gasteiger charge is 2.10. The summed E-state index contributed by atoms with van der Waals surface area (Å²) in [5.74, 6) is 0.861. The Labute approximate surface area is 101 Å². The van der Waals surface area contributed by atoms with Crippen molar-refractivity contribution in [2.24, 2.45) is 12.8 Å². The first-order valence-corrected chi connectivity index (χ1v) is 5.57. The molecule has 90 valence electrons. The summed E-state index contributed by atoms with van der Waals surface area (Å²) in [5, 5.41) is 4.13. The maximum atomic E-state index is 6.16. The summed E-state index contributed by atoms with van der Waals surface area (Å²) < 4.78 is 7.00. The molecule has 1 atom stereocenters. The largest absolute Gasteiger partial charge is 0.497 e. The van der Waals surface area contributed by atoms with E-state index in [0.717, 1.165) is 23.4 Å². The van der Waals surface area contributed by atoms with Crippen LogP contribution >= 0.6 is 0 Å². The normalized spacial score (nSPS) is 12.4. The van der Waals surface area contributed by atoms with E-state index in [4.69, 9.17) is 10.5 Å². The molecule has 0 saturated carbocycles. The minimum Gasteiger partial charge on any atom is -0.497 e. The molecule has 0 aliphatic carbocycles. The Morgan fingerprint density at radius 1 is 1.41 bits per heavy atom. The number of benzene rings is 1. The lowest BCUT2D eigenvalue weighted by molar-refractivity contribution is 0.414. The van der Waals surface area contributed by atoms with Gasteiger partial charge in [-0.15, -0.1) is 0 Å². The van der Waals surface area contributed by atoms with E-state index in [9.17, 15) is 0 Å². The van der Waals surface area contributed by atoms with Crippen LogP contribution in [-0.4, -0.2) is 16.9 Å². The van der Waals surface area contributed by atoms with Crippen LogP contribution < -0.4 is 10.5 Å². The molecule has 0 aliphatic heterocycles. The quantitative estimate of drug-likeness (QED) is 0.870. The van der Waals surface area contributed by atoms with Gasteiger partial charge in [0.1, 0.15) is 5.75 Å². The van der Waals surface area contributed by atoms with Crippen LogP contribution in [0.3, 0.4) is 0 Å². The summed E-state index contributed by atoms with van der Waals surface area (Å²) in [6, 6.07) is 9.87. The fraction of sp³-hybridized carbons (Fsp3) is 0.308. The first-order chi connectivity index (χ1) is 8.20. The summed E-state index contributed by atoms with van der Waals surface area (Å²) in [4.78, 5) is 0. The van der Waals surface area contributed by atoms with Gasteiger partial charge in [-0.2, -0.15) is 5.10 Å². The van der Waals surface area contributed by atoms with Gasteiger partial charge in [0.2, 0.25) is 0 Å². The van der Waals surface area contributed by atoms with Gasteiger partial charge < -0.3 is 10.5 Å². The van der Waals surface area contributed by atoms with Crippen molar-refractivity contribution in [3.05, 3.63) is 47.8 Å². The standard InChI is InChI=1S/C13H17N3O/c1-16-13(6-7-15-16)12(14)9-10-4-3-5-11(8-10)17-2/h3-8,12H,9,14H2,1-2H3. The number of nitrogens with zero attached hydrogens (tertiary/aromatic N) is 2. The first kappa shape index (κ1) is 11.7. The maximum Gasteiger partial charge on any atom is 0.119 e. The van der Waals surface area contributed by atoms with Crippen molar-refractivity contribution in [3.63, 3.8) is 0 Å². The van der Waals surface area contributed by atoms with Gasteiger partial charge >= 0.3 is 0 Å². The highest BCUT2D eigenvalue weighted by Crippen LogP contribution is 2.18. The molecule has 1 aromatic heterocycles. The highest BCUT2D eigenvalue weighted by molar-refractivity contribution is 5.29. The zero-order valence-corrected chi connectivity index (χ0v) is 10.1. The lowest BCUT2D eigenvalue weighted by Crippen LogP contribution is -2.17. The van der Waals surface area contributed by atoms with E-state index in [1.165, 1.54) is 0 Å². The van der Waals surface area contributed by atoms with E-state index in [0.29, 0.717) is 0 Å². The number of hydrogen-bond acceptors (Lipinski definition) is 3. The molecule has 17 heavy (non-hydrogen) atoms. The van der Waals surface area contributed by atoms with E-state index >= 15 is 0 Å². The molecular weight excluding hydrogens is 214 g/mol. The molecule has 4 nitrogen and oxygen atoms in total. The SMILES string of the molecule is COc1cccc(CC(N)c2ccnn2C)c1. The molecule has 2 rings (SSSR count). The van der Waals surface area contributed by atoms with Crippen LogP contribution in [0.2, 0.25) is 0 Å². The van der Waals surface area contributed by atoms with E-state index in [1.807, 2.05) is 36.0 Å². The van der Waals surface area contributed by atoms with Crippen molar-refractivity contribution >= 4 is 0 Å². The van der Waals surface area contributed by atoms with Gasteiger partial charge in [-0.25, -0.2) is 0 Å². The lowest BCUT2D eigenvalue weighted by atomic mass is 10.0. The van der Waals surface area contributed by atoms with Gasteiger partial charge in [0, 0.05) is 13.2 Å². The number of ether oxygens (including phenoxy) is 1. The van der Waals surface area contributed by atoms with Gasteiger partial charge in [-0.1, -0.05) is 12.1 Å². The zero-order chi connectivity index (χ0) is 12.3. The average Bonchev–Trinajstić information content (AvgIpc) is 2.76. The maximum absolute atomic E-state index is 6.16. The van der Waals surface area contributed by atoms with Crippen molar-refractivity contribution in [2.45, 2.75) is 12.5 Å². The summed E-state index contributed by atoms with van der Waals surface area (Å²) in [6.07, 6.45) is 2.54. The zero-order valence-electron chi connectivity index (χ0n) is 10.1.